The van der Waals surface area contributed by atoms with Crippen molar-refractivity contribution >= 4 is 46.4 Å². The molecule has 0 unspecified atom stereocenters. The average molecular weight is 799 g/mol. The minimum atomic E-state index is 0.735. The number of H-pyrrole nitrogens is 2. The number of ether oxygens (including phenoxy) is 1. The molecule has 0 saturated carbocycles. The van der Waals surface area contributed by atoms with Crippen molar-refractivity contribution in [2.24, 2.45) is 0 Å². The molecule has 0 saturated heterocycles. The Kier molecular flexibility index (Phi) is 12.4. The molecule has 5 heterocycles. The fourth-order valence-electron chi connectivity index (χ4n) is 8.73. The Morgan fingerprint density at radius 2 is 0.689 bits per heavy atom. The predicted octanol–water partition coefficient (Wildman–Crippen LogP) is 15.6. The number of aromatic nitrogens is 4. The summed E-state index contributed by atoms with van der Waals surface area (Å²) in [4.78, 5) is 18.6. The highest BCUT2D eigenvalue weighted by Crippen LogP contribution is 2.38. The molecule has 2 aliphatic heterocycles. The maximum atomic E-state index is 6.27. The number of hydrogen-bond acceptors (Lipinski definition) is 3. The molecule has 7 aromatic rings. The second kappa shape index (κ2) is 19.1. The Morgan fingerprint density at radius 3 is 1.05 bits per heavy atom. The Balaban J connectivity index is 1.16. The zero-order valence-electron chi connectivity index (χ0n) is 35.2. The number of fused-ring (bicyclic) bond motifs is 8. The van der Waals surface area contributed by atoms with Gasteiger partial charge in [0.05, 0.1) is 29.4 Å². The van der Waals surface area contributed by atoms with Gasteiger partial charge in [-0.3, -0.25) is 0 Å². The minimum absolute atomic E-state index is 0.735. The van der Waals surface area contributed by atoms with Crippen LogP contribution in [-0.4, -0.2) is 26.5 Å². The van der Waals surface area contributed by atoms with E-state index < -0.39 is 0 Å². The van der Waals surface area contributed by atoms with E-state index in [4.69, 9.17) is 14.7 Å². The molecule has 5 heteroatoms. The molecule has 4 aromatic carbocycles. The molecule has 0 aliphatic carbocycles. The number of aromatic amines is 2. The van der Waals surface area contributed by atoms with Crippen molar-refractivity contribution in [1.29, 1.82) is 0 Å². The lowest BCUT2D eigenvalue weighted by atomic mass is 10.0. The third-order valence-corrected chi connectivity index (χ3v) is 11.9. The zero-order chi connectivity index (χ0) is 41.2. The average Bonchev–Trinajstić information content (AvgIpc) is 4.16. The largest absolute Gasteiger partial charge is 0.494 e. The molecule has 9 rings (SSSR count). The van der Waals surface area contributed by atoms with Crippen molar-refractivity contribution in [2.75, 3.05) is 6.61 Å². The van der Waals surface area contributed by atoms with E-state index in [1.54, 1.807) is 0 Å². The molecule has 8 bridgehead atoms. The van der Waals surface area contributed by atoms with E-state index in [9.17, 15) is 0 Å². The number of benzene rings is 4. The molecule has 0 spiro atoms. The van der Waals surface area contributed by atoms with Gasteiger partial charge in [-0.15, -0.1) is 0 Å². The molecule has 61 heavy (non-hydrogen) atoms. The fraction of sp³-hybridized carbons (Fsp3) is 0.214. The quantitative estimate of drug-likeness (QED) is 0.0957. The van der Waals surface area contributed by atoms with Gasteiger partial charge in [0.2, 0.25) is 0 Å². The second-order valence-corrected chi connectivity index (χ2v) is 16.2. The molecule has 0 amide bonds. The van der Waals surface area contributed by atoms with Gasteiger partial charge >= 0.3 is 0 Å². The van der Waals surface area contributed by atoms with Crippen molar-refractivity contribution in [1.82, 2.24) is 19.9 Å². The number of nitrogens with one attached hydrogen (secondary N) is 2. The number of hydrogen-bond donors (Lipinski definition) is 2. The Morgan fingerprint density at radius 1 is 0.361 bits per heavy atom. The van der Waals surface area contributed by atoms with E-state index in [0.717, 1.165) is 108 Å². The summed E-state index contributed by atoms with van der Waals surface area (Å²) < 4.78 is 6.27. The van der Waals surface area contributed by atoms with Crippen molar-refractivity contribution in [3.8, 4) is 50.3 Å². The van der Waals surface area contributed by atoms with E-state index in [-0.39, 0.29) is 0 Å². The lowest BCUT2D eigenvalue weighted by Crippen LogP contribution is -1.97. The van der Waals surface area contributed by atoms with E-state index in [1.807, 2.05) is 0 Å². The zero-order valence-corrected chi connectivity index (χ0v) is 35.2. The normalized spacial score (nSPS) is 12.0. The van der Waals surface area contributed by atoms with Gasteiger partial charge in [0, 0.05) is 44.3 Å². The van der Waals surface area contributed by atoms with Gasteiger partial charge in [0.25, 0.3) is 0 Å². The van der Waals surface area contributed by atoms with E-state index in [2.05, 4.69) is 181 Å². The lowest BCUT2D eigenvalue weighted by Gasteiger charge is -2.09. The molecule has 2 N–H and O–H groups in total. The van der Waals surface area contributed by atoms with Crippen LogP contribution in [0.25, 0.3) is 90.9 Å². The summed E-state index contributed by atoms with van der Waals surface area (Å²) in [6.45, 7) is 3.02. The van der Waals surface area contributed by atoms with Crippen LogP contribution < -0.4 is 4.74 Å². The number of rotatable bonds is 16. The summed E-state index contributed by atoms with van der Waals surface area (Å²) in [5, 5.41) is 0. The Labute approximate surface area is 360 Å². The van der Waals surface area contributed by atoms with E-state index >= 15 is 0 Å². The van der Waals surface area contributed by atoms with Gasteiger partial charge in [0.1, 0.15) is 5.75 Å². The summed E-state index contributed by atoms with van der Waals surface area (Å²) in [5.74, 6) is 0.892. The standard InChI is InChI=1S/C56H54N4O/c1-2-3-4-5-6-7-8-9-10-20-39-61-44-29-27-43(28-30-44)56-51-37-35-49(59-51)54(41-23-16-12-17-24-41)47-33-31-45(57-47)53(40-21-14-11-15-22-40)46-32-34-48(58-46)55(42-25-18-13-19-26-42)50-36-38-52(56)60-50/h11-19,21-38,57,60H,2-10,20,39H2,1H3. The first-order valence-corrected chi connectivity index (χ1v) is 22.3. The van der Waals surface area contributed by atoms with Crippen molar-refractivity contribution in [3.05, 3.63) is 162 Å². The van der Waals surface area contributed by atoms with Crippen LogP contribution in [0.4, 0.5) is 0 Å². The molecule has 304 valence electrons. The molecular weight excluding hydrogens is 745 g/mol. The smallest absolute Gasteiger partial charge is 0.119 e. The van der Waals surface area contributed by atoms with Crippen LogP contribution in [0.2, 0.25) is 0 Å². The molecule has 2 aliphatic rings. The molecule has 3 aromatic heterocycles. The SMILES string of the molecule is CCCCCCCCCCCCOc1ccc(-c2c3nc(c(-c4ccccc4)c4ccc([nH]4)c(-c4ccccc4)c4nc(c(-c5ccccc5)c5ccc2[nH]5)C=C4)C=C3)cc1. The minimum Gasteiger partial charge on any atom is -0.494 e. The maximum Gasteiger partial charge on any atom is 0.119 e. The van der Waals surface area contributed by atoms with Gasteiger partial charge < -0.3 is 14.7 Å². The summed E-state index contributed by atoms with van der Waals surface area (Å²) >= 11 is 0. The van der Waals surface area contributed by atoms with Crippen LogP contribution in [0.15, 0.2) is 140 Å². The molecule has 0 fully saturated rings. The van der Waals surface area contributed by atoms with Crippen LogP contribution in [0.1, 0.15) is 93.9 Å². The van der Waals surface area contributed by atoms with Crippen molar-refractivity contribution < 1.29 is 4.74 Å². The van der Waals surface area contributed by atoms with E-state index in [0.29, 0.717) is 0 Å². The summed E-state index contributed by atoms with van der Waals surface area (Å²) in [6, 6.07) is 48.9. The number of nitrogens with zero attached hydrogens (tertiary/aromatic N) is 2. The third kappa shape index (κ3) is 9.07. The van der Waals surface area contributed by atoms with Crippen LogP contribution in [0.5, 0.6) is 5.75 Å². The highest BCUT2D eigenvalue weighted by molar-refractivity contribution is 5.99. The summed E-state index contributed by atoms with van der Waals surface area (Å²) in [6.07, 6.45) is 21.7. The van der Waals surface area contributed by atoms with Crippen molar-refractivity contribution in [3.63, 3.8) is 0 Å². The third-order valence-electron chi connectivity index (χ3n) is 11.9. The summed E-state index contributed by atoms with van der Waals surface area (Å²) in [5.41, 5.74) is 16.0. The lowest BCUT2D eigenvalue weighted by molar-refractivity contribution is 0.304. The highest BCUT2D eigenvalue weighted by Gasteiger charge is 2.19. The first-order chi connectivity index (χ1) is 30.2. The van der Waals surface area contributed by atoms with E-state index in [1.165, 1.54) is 57.8 Å². The fourth-order valence-corrected chi connectivity index (χ4v) is 8.73. The second-order valence-electron chi connectivity index (χ2n) is 16.2. The van der Waals surface area contributed by atoms with Crippen LogP contribution in [0.3, 0.4) is 0 Å². The van der Waals surface area contributed by atoms with Gasteiger partial charge in [0.15, 0.2) is 0 Å². The van der Waals surface area contributed by atoms with Gasteiger partial charge in [-0.05, 0) is 89.4 Å². The molecule has 0 atom stereocenters. The van der Waals surface area contributed by atoms with Gasteiger partial charge in [-0.1, -0.05) is 168 Å². The Hall–Kier alpha value is -6.72. The predicted molar refractivity (Wildman–Crippen MR) is 258 cm³/mol. The maximum absolute atomic E-state index is 6.27. The topological polar surface area (TPSA) is 66.6 Å². The molecular formula is C56H54N4O. The molecule has 5 nitrogen and oxygen atoms in total. The van der Waals surface area contributed by atoms with Gasteiger partial charge in [-0.2, -0.15) is 0 Å². The Bertz CT molecular complexity index is 2760. The molecule has 0 radical (unpaired) electrons. The van der Waals surface area contributed by atoms with Crippen molar-refractivity contribution in [2.45, 2.75) is 71.1 Å². The highest BCUT2D eigenvalue weighted by atomic mass is 16.5. The monoisotopic (exact) mass is 798 g/mol. The van der Waals surface area contributed by atoms with Crippen LogP contribution in [-0.2, 0) is 0 Å². The first-order valence-electron chi connectivity index (χ1n) is 22.3. The van der Waals surface area contributed by atoms with Gasteiger partial charge in [-0.25, -0.2) is 9.97 Å². The van der Waals surface area contributed by atoms with Crippen LogP contribution in [0, 0.1) is 0 Å². The summed E-state index contributed by atoms with van der Waals surface area (Å²) in [7, 11) is 0. The first kappa shape index (κ1) is 39.7. The number of unbranched alkanes of at least 4 members (excludes halogenated alkanes) is 9. The van der Waals surface area contributed by atoms with Crippen LogP contribution >= 0.6 is 0 Å².